The predicted octanol–water partition coefficient (Wildman–Crippen LogP) is 1.88. The first kappa shape index (κ1) is 10.1. The molecule has 80 valence electrons. The molecular formula is C14H11BN2. The molecule has 2 radical (unpaired) electrons. The van der Waals surface area contributed by atoms with E-state index in [-0.39, 0.29) is 0 Å². The molecule has 2 aromatic carbocycles. The number of fused-ring (bicyclic) bond motifs is 1. The zero-order valence-corrected chi connectivity index (χ0v) is 9.38. The molecule has 17 heavy (non-hydrogen) atoms. The van der Waals surface area contributed by atoms with Crippen molar-refractivity contribution >= 4 is 24.2 Å². The van der Waals surface area contributed by atoms with E-state index in [1.54, 1.807) is 0 Å². The van der Waals surface area contributed by atoms with Crippen LogP contribution in [0.15, 0.2) is 54.7 Å². The molecule has 0 fully saturated rings. The fraction of sp³-hybridized carbons (Fsp3) is 0.0714. The Balaban J connectivity index is 1.96. The summed E-state index contributed by atoms with van der Waals surface area (Å²) < 4.78 is 1.94. The molecule has 1 heterocycles. The van der Waals surface area contributed by atoms with Gasteiger partial charge in [0.15, 0.2) is 0 Å². The molecule has 0 amide bonds. The third-order valence-electron chi connectivity index (χ3n) is 2.77. The maximum atomic E-state index is 5.74. The van der Waals surface area contributed by atoms with E-state index in [1.165, 1.54) is 5.56 Å². The van der Waals surface area contributed by atoms with Crippen molar-refractivity contribution in [3.8, 4) is 0 Å². The van der Waals surface area contributed by atoms with Crippen LogP contribution in [0.3, 0.4) is 0 Å². The van der Waals surface area contributed by atoms with E-state index in [9.17, 15) is 0 Å². The van der Waals surface area contributed by atoms with Crippen LogP contribution in [-0.2, 0) is 6.54 Å². The van der Waals surface area contributed by atoms with Gasteiger partial charge in [0.2, 0.25) is 0 Å². The molecule has 0 atom stereocenters. The van der Waals surface area contributed by atoms with E-state index in [0.717, 1.165) is 22.9 Å². The van der Waals surface area contributed by atoms with E-state index in [0.29, 0.717) is 0 Å². The van der Waals surface area contributed by atoms with Gasteiger partial charge in [0.25, 0.3) is 0 Å². The van der Waals surface area contributed by atoms with Gasteiger partial charge in [0.1, 0.15) is 7.85 Å². The first-order valence-electron chi connectivity index (χ1n) is 5.58. The van der Waals surface area contributed by atoms with Crippen LogP contribution in [0.4, 0.5) is 0 Å². The summed E-state index contributed by atoms with van der Waals surface area (Å²) in [5.74, 6) is 0. The highest BCUT2D eigenvalue weighted by Gasteiger charge is 2.01. The van der Waals surface area contributed by atoms with Gasteiger partial charge in [-0.25, -0.2) is 0 Å². The van der Waals surface area contributed by atoms with Crippen LogP contribution in [0.5, 0.6) is 0 Å². The number of rotatable bonds is 2. The molecular weight excluding hydrogens is 207 g/mol. The summed E-state index contributed by atoms with van der Waals surface area (Å²) in [6, 6.07) is 16.1. The van der Waals surface area contributed by atoms with Crippen LogP contribution >= 0.6 is 0 Å². The average Bonchev–Trinajstić information content (AvgIpc) is 2.71. The van der Waals surface area contributed by atoms with Gasteiger partial charge >= 0.3 is 0 Å². The molecule has 2 nitrogen and oxygen atoms in total. The number of nitrogens with zero attached hydrogens (tertiary/aromatic N) is 2. The van der Waals surface area contributed by atoms with Crippen molar-refractivity contribution in [2.24, 2.45) is 0 Å². The van der Waals surface area contributed by atoms with Gasteiger partial charge < -0.3 is 0 Å². The Morgan fingerprint density at radius 2 is 1.88 bits per heavy atom. The van der Waals surface area contributed by atoms with Crippen LogP contribution in [0.2, 0.25) is 0 Å². The largest absolute Gasteiger partial charge is 0.267 e. The molecule has 3 heteroatoms. The first-order valence-corrected chi connectivity index (χ1v) is 5.58. The standard InChI is InChI=1S/C14H11BN2/c15-13-7-6-12-10-17(16-14(12)8-13)9-11-4-2-1-3-5-11/h1-8,10H,9H2. The Bertz CT molecular complexity index is 644. The quantitative estimate of drug-likeness (QED) is 0.600. The van der Waals surface area contributed by atoms with Gasteiger partial charge in [-0.1, -0.05) is 47.9 Å². The lowest BCUT2D eigenvalue weighted by Gasteiger charge is -2.00. The maximum absolute atomic E-state index is 5.74. The zero-order valence-electron chi connectivity index (χ0n) is 9.38. The number of hydrogen-bond donors (Lipinski definition) is 0. The Hall–Kier alpha value is -2.03. The number of aromatic nitrogens is 2. The Kier molecular flexibility index (Phi) is 2.44. The molecule has 0 aliphatic heterocycles. The van der Waals surface area contributed by atoms with Crippen LogP contribution < -0.4 is 5.46 Å². The van der Waals surface area contributed by atoms with Crippen LogP contribution in [0.1, 0.15) is 5.56 Å². The van der Waals surface area contributed by atoms with Gasteiger partial charge in [0, 0.05) is 11.6 Å². The van der Waals surface area contributed by atoms with Crippen molar-refractivity contribution in [3.05, 3.63) is 60.3 Å². The highest BCUT2D eigenvalue weighted by atomic mass is 15.3. The van der Waals surface area contributed by atoms with Crippen molar-refractivity contribution in [2.75, 3.05) is 0 Å². The van der Waals surface area contributed by atoms with Gasteiger partial charge in [-0.2, -0.15) is 5.10 Å². The predicted molar refractivity (Wildman–Crippen MR) is 70.7 cm³/mol. The Labute approximate surface area is 101 Å². The lowest BCUT2D eigenvalue weighted by molar-refractivity contribution is 0.696. The van der Waals surface area contributed by atoms with Crippen LogP contribution in [0.25, 0.3) is 10.9 Å². The smallest absolute Gasteiger partial charge is 0.113 e. The molecule has 0 aliphatic carbocycles. The average molecular weight is 218 g/mol. The molecule has 1 aromatic heterocycles. The van der Waals surface area contributed by atoms with Crippen molar-refractivity contribution in [3.63, 3.8) is 0 Å². The summed E-state index contributed by atoms with van der Waals surface area (Å²) >= 11 is 0. The van der Waals surface area contributed by atoms with E-state index in [4.69, 9.17) is 7.85 Å². The summed E-state index contributed by atoms with van der Waals surface area (Å²) in [5.41, 5.74) is 2.94. The summed E-state index contributed by atoms with van der Waals surface area (Å²) in [6.07, 6.45) is 2.04. The Morgan fingerprint density at radius 1 is 1.06 bits per heavy atom. The minimum Gasteiger partial charge on any atom is -0.267 e. The third-order valence-corrected chi connectivity index (χ3v) is 2.77. The van der Waals surface area contributed by atoms with E-state index < -0.39 is 0 Å². The zero-order chi connectivity index (χ0) is 11.7. The minimum atomic E-state index is 0.752. The van der Waals surface area contributed by atoms with Gasteiger partial charge in [-0.15, -0.1) is 0 Å². The topological polar surface area (TPSA) is 17.8 Å². The van der Waals surface area contributed by atoms with Gasteiger partial charge in [-0.3, -0.25) is 4.68 Å². The SMILES string of the molecule is [B]c1ccc2cn(Cc3ccccc3)nc2c1. The summed E-state index contributed by atoms with van der Waals surface area (Å²) in [7, 11) is 5.74. The van der Waals surface area contributed by atoms with Crippen molar-refractivity contribution in [1.29, 1.82) is 0 Å². The lowest BCUT2D eigenvalue weighted by atomic mass is 9.96. The van der Waals surface area contributed by atoms with Gasteiger partial charge in [-0.05, 0) is 11.6 Å². The highest BCUT2D eigenvalue weighted by molar-refractivity contribution is 6.33. The molecule has 0 spiro atoms. The maximum Gasteiger partial charge on any atom is 0.113 e. The minimum absolute atomic E-state index is 0.752. The fourth-order valence-corrected chi connectivity index (χ4v) is 1.94. The van der Waals surface area contributed by atoms with E-state index in [2.05, 4.69) is 17.2 Å². The second-order valence-electron chi connectivity index (χ2n) is 4.13. The summed E-state index contributed by atoms with van der Waals surface area (Å²) in [6.45, 7) is 0.787. The third kappa shape index (κ3) is 2.09. The van der Waals surface area contributed by atoms with Crippen molar-refractivity contribution in [2.45, 2.75) is 6.54 Å². The lowest BCUT2D eigenvalue weighted by Crippen LogP contribution is -2.00. The van der Waals surface area contributed by atoms with Crippen molar-refractivity contribution < 1.29 is 0 Å². The second kappa shape index (κ2) is 4.09. The van der Waals surface area contributed by atoms with E-state index in [1.807, 2.05) is 47.3 Å². The number of benzene rings is 2. The molecule has 0 saturated carbocycles. The van der Waals surface area contributed by atoms with Crippen molar-refractivity contribution in [1.82, 2.24) is 9.78 Å². The fourth-order valence-electron chi connectivity index (χ4n) is 1.94. The van der Waals surface area contributed by atoms with Crippen LogP contribution in [0, 0.1) is 0 Å². The Morgan fingerprint density at radius 3 is 2.71 bits per heavy atom. The molecule has 0 unspecified atom stereocenters. The van der Waals surface area contributed by atoms with Crippen LogP contribution in [-0.4, -0.2) is 17.6 Å². The summed E-state index contributed by atoms with van der Waals surface area (Å²) in [4.78, 5) is 0. The molecule has 0 saturated heterocycles. The normalized spacial score (nSPS) is 10.8. The van der Waals surface area contributed by atoms with E-state index >= 15 is 0 Å². The molecule has 3 aromatic rings. The number of hydrogen-bond acceptors (Lipinski definition) is 1. The molecule has 0 N–H and O–H groups in total. The first-order chi connectivity index (χ1) is 8.31. The summed E-state index contributed by atoms with van der Waals surface area (Å²) in [5, 5.41) is 5.63. The molecule has 0 bridgehead atoms. The molecule has 3 rings (SSSR count). The monoisotopic (exact) mass is 218 g/mol. The molecule has 0 aliphatic rings. The highest BCUT2D eigenvalue weighted by Crippen LogP contribution is 2.11. The van der Waals surface area contributed by atoms with Gasteiger partial charge in [0.05, 0.1) is 12.1 Å². The second-order valence-corrected chi connectivity index (χ2v) is 4.13.